The Morgan fingerprint density at radius 1 is 1.55 bits per heavy atom. The number of ether oxygens (including phenoxy) is 1. The van der Waals surface area contributed by atoms with Crippen LogP contribution in [0.15, 0.2) is 12.1 Å². The first-order chi connectivity index (χ1) is 9.36. The number of carboxylic acid groups (broad SMARTS) is 1. The number of aliphatic carboxylic acids is 1. The number of nitrogens with zero attached hydrogens (tertiary/aromatic N) is 2. The Labute approximate surface area is 114 Å². The van der Waals surface area contributed by atoms with Crippen molar-refractivity contribution in [1.29, 1.82) is 0 Å². The van der Waals surface area contributed by atoms with Crippen LogP contribution in [0, 0.1) is 15.9 Å². The molecule has 0 spiro atoms. The molecule has 0 aliphatic carbocycles. The lowest BCUT2D eigenvalue weighted by Crippen LogP contribution is -2.20. The maximum atomic E-state index is 13.8. The fraction of sp³-hybridized carbons (Fsp3) is 0.417. The van der Waals surface area contributed by atoms with E-state index in [1.807, 2.05) is 0 Å². The highest BCUT2D eigenvalue weighted by Crippen LogP contribution is 2.33. The van der Waals surface area contributed by atoms with Crippen molar-refractivity contribution in [3.63, 3.8) is 0 Å². The summed E-state index contributed by atoms with van der Waals surface area (Å²) >= 11 is 0. The van der Waals surface area contributed by atoms with E-state index in [0.717, 1.165) is 6.07 Å². The molecule has 1 aromatic rings. The molecule has 0 saturated carbocycles. The van der Waals surface area contributed by atoms with Gasteiger partial charge in [-0.15, -0.1) is 0 Å². The van der Waals surface area contributed by atoms with Gasteiger partial charge in [0, 0.05) is 26.1 Å². The van der Waals surface area contributed by atoms with E-state index in [4.69, 9.17) is 9.84 Å². The van der Waals surface area contributed by atoms with Crippen LogP contribution in [0.5, 0.6) is 5.75 Å². The molecule has 0 unspecified atom stereocenters. The normalized spacial score (nSPS) is 10.2. The first kappa shape index (κ1) is 15.7. The minimum Gasteiger partial charge on any atom is -0.490 e. The van der Waals surface area contributed by atoms with Crippen molar-refractivity contribution < 1.29 is 24.0 Å². The summed E-state index contributed by atoms with van der Waals surface area (Å²) in [6, 6.07) is 2.02. The average molecular weight is 286 g/mol. The quantitative estimate of drug-likeness (QED) is 0.609. The molecule has 0 atom stereocenters. The third kappa shape index (κ3) is 3.81. The summed E-state index contributed by atoms with van der Waals surface area (Å²) in [6.45, 7) is 0.310. The third-order valence-electron chi connectivity index (χ3n) is 2.74. The highest BCUT2D eigenvalue weighted by atomic mass is 19.1. The van der Waals surface area contributed by atoms with Crippen LogP contribution in [0.4, 0.5) is 15.8 Å². The summed E-state index contributed by atoms with van der Waals surface area (Å²) in [5.74, 6) is -1.73. The van der Waals surface area contributed by atoms with Crippen molar-refractivity contribution in [2.45, 2.75) is 12.8 Å². The van der Waals surface area contributed by atoms with E-state index in [9.17, 15) is 19.3 Å². The molecule has 0 aliphatic rings. The van der Waals surface area contributed by atoms with Crippen molar-refractivity contribution in [1.82, 2.24) is 0 Å². The number of carboxylic acids is 1. The van der Waals surface area contributed by atoms with E-state index in [1.165, 1.54) is 18.1 Å². The molecule has 110 valence electrons. The summed E-state index contributed by atoms with van der Waals surface area (Å²) in [5.41, 5.74) is -0.328. The summed E-state index contributed by atoms with van der Waals surface area (Å²) < 4.78 is 18.7. The molecule has 1 rings (SSSR count). The summed E-state index contributed by atoms with van der Waals surface area (Å²) in [5, 5.41) is 19.3. The van der Waals surface area contributed by atoms with Gasteiger partial charge in [-0.25, -0.2) is 4.39 Å². The number of methoxy groups -OCH3 is 1. The highest BCUT2D eigenvalue weighted by Gasteiger charge is 2.20. The summed E-state index contributed by atoms with van der Waals surface area (Å²) in [6.07, 6.45) is 0.306. The summed E-state index contributed by atoms with van der Waals surface area (Å²) in [7, 11) is 2.83. The number of hydrogen-bond donors (Lipinski definition) is 1. The molecular formula is C12H15FN2O5. The lowest BCUT2D eigenvalue weighted by Gasteiger charge is -2.20. The Kier molecular flexibility index (Phi) is 5.24. The number of halogens is 1. The first-order valence-electron chi connectivity index (χ1n) is 5.81. The molecule has 1 aromatic carbocycles. The molecule has 0 fully saturated rings. The van der Waals surface area contributed by atoms with Gasteiger partial charge in [0.1, 0.15) is 0 Å². The van der Waals surface area contributed by atoms with E-state index in [-0.39, 0.29) is 17.9 Å². The van der Waals surface area contributed by atoms with Crippen molar-refractivity contribution in [3.8, 4) is 5.75 Å². The summed E-state index contributed by atoms with van der Waals surface area (Å²) in [4.78, 5) is 21.9. The number of anilines is 1. The smallest absolute Gasteiger partial charge is 0.313 e. The first-order valence-corrected chi connectivity index (χ1v) is 5.81. The van der Waals surface area contributed by atoms with Crippen molar-refractivity contribution in [2.24, 2.45) is 0 Å². The molecular weight excluding hydrogens is 271 g/mol. The number of nitro groups is 1. The highest BCUT2D eigenvalue weighted by molar-refractivity contribution is 5.66. The van der Waals surface area contributed by atoms with Crippen molar-refractivity contribution in [2.75, 3.05) is 25.6 Å². The van der Waals surface area contributed by atoms with Crippen molar-refractivity contribution in [3.05, 3.63) is 28.1 Å². The molecule has 0 radical (unpaired) electrons. The predicted molar refractivity (Wildman–Crippen MR) is 69.7 cm³/mol. The van der Waals surface area contributed by atoms with E-state index < -0.39 is 22.4 Å². The molecule has 20 heavy (non-hydrogen) atoms. The number of benzene rings is 1. The van der Waals surface area contributed by atoms with Crippen LogP contribution < -0.4 is 9.64 Å². The largest absolute Gasteiger partial charge is 0.490 e. The van der Waals surface area contributed by atoms with E-state index >= 15 is 0 Å². The second kappa shape index (κ2) is 6.69. The van der Waals surface area contributed by atoms with Crippen LogP contribution in [0.25, 0.3) is 0 Å². The topological polar surface area (TPSA) is 92.9 Å². The molecule has 0 amide bonds. The second-order valence-corrected chi connectivity index (χ2v) is 4.15. The fourth-order valence-electron chi connectivity index (χ4n) is 1.72. The molecule has 7 nitrogen and oxygen atoms in total. The molecule has 0 saturated heterocycles. The van der Waals surface area contributed by atoms with Gasteiger partial charge in [-0.1, -0.05) is 0 Å². The van der Waals surface area contributed by atoms with E-state index in [0.29, 0.717) is 13.0 Å². The zero-order valence-corrected chi connectivity index (χ0v) is 11.1. The lowest BCUT2D eigenvalue weighted by atomic mass is 10.2. The van der Waals surface area contributed by atoms with Crippen LogP contribution in [-0.2, 0) is 4.79 Å². The van der Waals surface area contributed by atoms with Crippen LogP contribution in [-0.4, -0.2) is 36.7 Å². The number of nitro benzene ring substituents is 1. The fourth-order valence-corrected chi connectivity index (χ4v) is 1.72. The monoisotopic (exact) mass is 286 g/mol. The zero-order chi connectivity index (χ0) is 15.3. The Morgan fingerprint density at radius 3 is 2.70 bits per heavy atom. The van der Waals surface area contributed by atoms with Gasteiger partial charge in [0.05, 0.1) is 23.8 Å². The van der Waals surface area contributed by atoms with Gasteiger partial charge in [-0.2, -0.15) is 0 Å². The standard InChI is InChI=1S/C12H15FN2O5/c1-14(5-3-4-12(16)17)9-7-11(20-2)10(15(18)19)6-8(9)13/h6-7H,3-5H2,1-2H3,(H,16,17). The molecule has 0 aliphatic heterocycles. The molecule has 1 N–H and O–H groups in total. The minimum atomic E-state index is -0.930. The maximum absolute atomic E-state index is 13.8. The van der Waals surface area contributed by atoms with Crippen LogP contribution >= 0.6 is 0 Å². The number of hydrogen-bond acceptors (Lipinski definition) is 5. The Morgan fingerprint density at radius 2 is 2.20 bits per heavy atom. The van der Waals surface area contributed by atoms with Gasteiger partial charge in [-0.3, -0.25) is 14.9 Å². The Balaban J connectivity index is 2.94. The van der Waals surface area contributed by atoms with Gasteiger partial charge in [0.2, 0.25) is 0 Å². The van der Waals surface area contributed by atoms with Gasteiger partial charge in [0.25, 0.3) is 0 Å². The predicted octanol–water partition coefficient (Wildman–Crippen LogP) is 2.04. The average Bonchev–Trinajstić information content (AvgIpc) is 2.37. The van der Waals surface area contributed by atoms with Gasteiger partial charge < -0.3 is 14.7 Å². The van der Waals surface area contributed by atoms with Crippen LogP contribution in [0.3, 0.4) is 0 Å². The Hall–Kier alpha value is -2.38. The second-order valence-electron chi connectivity index (χ2n) is 4.15. The van der Waals surface area contributed by atoms with Gasteiger partial charge >= 0.3 is 11.7 Å². The number of carbonyl (C=O) groups is 1. The Bertz CT molecular complexity index is 521. The van der Waals surface area contributed by atoms with E-state index in [2.05, 4.69) is 0 Å². The third-order valence-corrected chi connectivity index (χ3v) is 2.74. The van der Waals surface area contributed by atoms with Crippen LogP contribution in [0.2, 0.25) is 0 Å². The van der Waals surface area contributed by atoms with Gasteiger partial charge in [0.15, 0.2) is 11.6 Å². The molecule has 8 heteroatoms. The zero-order valence-electron chi connectivity index (χ0n) is 11.1. The van der Waals surface area contributed by atoms with Gasteiger partial charge in [-0.05, 0) is 6.42 Å². The minimum absolute atomic E-state index is 0.0317. The molecule has 0 heterocycles. The lowest BCUT2D eigenvalue weighted by molar-refractivity contribution is -0.385. The number of rotatable bonds is 7. The molecule has 0 aromatic heterocycles. The van der Waals surface area contributed by atoms with Crippen molar-refractivity contribution >= 4 is 17.3 Å². The molecule has 0 bridgehead atoms. The van der Waals surface area contributed by atoms with E-state index in [1.54, 1.807) is 7.05 Å². The maximum Gasteiger partial charge on any atom is 0.313 e. The SMILES string of the molecule is COc1cc(N(C)CCCC(=O)O)c(F)cc1[N+](=O)[O-]. The van der Waals surface area contributed by atoms with Crippen LogP contribution in [0.1, 0.15) is 12.8 Å².